The van der Waals surface area contributed by atoms with Crippen molar-refractivity contribution in [2.24, 2.45) is 23.2 Å². The van der Waals surface area contributed by atoms with E-state index in [0.29, 0.717) is 5.41 Å². The maximum Gasteiger partial charge on any atom is 0.0860 e. The van der Waals surface area contributed by atoms with Crippen LogP contribution in [0.1, 0.15) is 46.0 Å². The summed E-state index contributed by atoms with van der Waals surface area (Å²) in [5.41, 5.74) is 0.507. The number of hydrogen-bond acceptors (Lipinski definition) is 1. The monoisotopic (exact) mass is 286 g/mol. The molecule has 3 atom stereocenters. The molecule has 3 fully saturated rings. The van der Waals surface area contributed by atoms with Crippen LogP contribution in [0.4, 0.5) is 0 Å². The third-order valence-corrected chi connectivity index (χ3v) is 6.51. The maximum absolute atomic E-state index is 6.47. The van der Waals surface area contributed by atoms with Gasteiger partial charge >= 0.3 is 0 Å². The van der Waals surface area contributed by atoms with Crippen LogP contribution in [-0.4, -0.2) is 17.5 Å². The molecule has 3 rings (SSSR count). The summed E-state index contributed by atoms with van der Waals surface area (Å²) in [6.45, 7) is 5.88. The van der Waals surface area contributed by atoms with Gasteiger partial charge in [0.15, 0.2) is 0 Å². The standard InChI is InChI=1S/C14H23BrO/c1-13(2)11-5-6-12(7-11)14(13,9-15)16-8-10-3-4-10/h10-12H,3-9H2,1-2H3. The van der Waals surface area contributed by atoms with E-state index in [1.54, 1.807) is 0 Å². The van der Waals surface area contributed by atoms with Crippen LogP contribution < -0.4 is 0 Å². The zero-order valence-electron chi connectivity index (χ0n) is 10.5. The number of ether oxygens (including phenoxy) is 1. The third kappa shape index (κ3) is 1.45. The molecule has 3 aliphatic rings. The van der Waals surface area contributed by atoms with Gasteiger partial charge in [0.05, 0.1) is 12.2 Å². The Morgan fingerprint density at radius 2 is 1.81 bits per heavy atom. The lowest BCUT2D eigenvalue weighted by Gasteiger charge is -2.49. The van der Waals surface area contributed by atoms with Crippen molar-refractivity contribution in [3.63, 3.8) is 0 Å². The highest BCUT2D eigenvalue weighted by Gasteiger charge is 2.63. The fourth-order valence-electron chi connectivity index (χ4n) is 4.11. The highest BCUT2D eigenvalue weighted by molar-refractivity contribution is 9.09. The van der Waals surface area contributed by atoms with E-state index in [1.807, 2.05) is 0 Å². The van der Waals surface area contributed by atoms with Crippen LogP contribution in [0.25, 0.3) is 0 Å². The van der Waals surface area contributed by atoms with Gasteiger partial charge in [-0.15, -0.1) is 0 Å². The smallest absolute Gasteiger partial charge is 0.0860 e. The molecule has 0 heterocycles. The number of hydrogen-bond donors (Lipinski definition) is 0. The van der Waals surface area contributed by atoms with E-state index < -0.39 is 0 Å². The lowest BCUT2D eigenvalue weighted by Crippen LogP contribution is -2.53. The highest BCUT2D eigenvalue weighted by Crippen LogP contribution is 2.63. The second-order valence-electron chi connectivity index (χ2n) is 6.71. The summed E-state index contributed by atoms with van der Waals surface area (Å²) in [7, 11) is 0. The summed E-state index contributed by atoms with van der Waals surface area (Å²) < 4.78 is 6.47. The minimum atomic E-state index is 0.137. The molecule has 3 unspecified atom stereocenters. The normalized spacial score (nSPS) is 45.2. The van der Waals surface area contributed by atoms with E-state index in [0.717, 1.165) is 29.7 Å². The van der Waals surface area contributed by atoms with Crippen molar-refractivity contribution in [3.05, 3.63) is 0 Å². The molecule has 0 aromatic rings. The molecule has 3 aliphatic carbocycles. The minimum absolute atomic E-state index is 0.137. The van der Waals surface area contributed by atoms with Crippen molar-refractivity contribution in [1.82, 2.24) is 0 Å². The summed E-state index contributed by atoms with van der Waals surface area (Å²) in [6.07, 6.45) is 7.02. The van der Waals surface area contributed by atoms with Gasteiger partial charge in [-0.25, -0.2) is 0 Å². The Balaban J connectivity index is 1.80. The topological polar surface area (TPSA) is 9.23 Å². The molecule has 0 aliphatic heterocycles. The molecule has 1 nitrogen and oxygen atoms in total. The maximum atomic E-state index is 6.47. The molecule has 0 N–H and O–H groups in total. The Hall–Kier alpha value is 0.440. The largest absolute Gasteiger partial charge is 0.373 e. The molecule has 0 aromatic carbocycles. The van der Waals surface area contributed by atoms with Crippen molar-refractivity contribution >= 4 is 15.9 Å². The molecule has 2 bridgehead atoms. The predicted molar refractivity (Wildman–Crippen MR) is 69.8 cm³/mol. The molecular formula is C14H23BrO. The lowest BCUT2D eigenvalue weighted by molar-refractivity contribution is -0.140. The lowest BCUT2D eigenvalue weighted by atomic mass is 9.66. The first-order valence-corrected chi connectivity index (χ1v) is 7.92. The van der Waals surface area contributed by atoms with Gasteiger partial charge in [0.25, 0.3) is 0 Å². The van der Waals surface area contributed by atoms with Gasteiger partial charge in [0.2, 0.25) is 0 Å². The van der Waals surface area contributed by atoms with Gasteiger partial charge in [-0.2, -0.15) is 0 Å². The summed E-state index contributed by atoms with van der Waals surface area (Å²) in [4.78, 5) is 0. The van der Waals surface area contributed by atoms with Crippen LogP contribution in [0.3, 0.4) is 0 Å². The van der Waals surface area contributed by atoms with Crippen LogP contribution in [0.5, 0.6) is 0 Å². The van der Waals surface area contributed by atoms with E-state index in [9.17, 15) is 0 Å². The van der Waals surface area contributed by atoms with Gasteiger partial charge in [0, 0.05) is 5.33 Å². The predicted octanol–water partition coefficient (Wildman–Crippen LogP) is 4.00. The average Bonchev–Trinajstić information content (AvgIpc) is 2.89. The van der Waals surface area contributed by atoms with Crippen LogP contribution in [-0.2, 0) is 4.74 Å². The van der Waals surface area contributed by atoms with Crippen LogP contribution in [0.2, 0.25) is 0 Å². The number of halogens is 1. The SMILES string of the molecule is CC1(C)C2CCC(C2)C1(CBr)OCC1CC1. The van der Waals surface area contributed by atoms with Crippen LogP contribution >= 0.6 is 15.9 Å². The molecule has 0 saturated heterocycles. The molecule has 3 saturated carbocycles. The molecule has 0 aromatic heterocycles. The first kappa shape index (κ1) is 11.5. The zero-order chi connectivity index (χ0) is 11.4. The van der Waals surface area contributed by atoms with Crippen LogP contribution in [0, 0.1) is 23.2 Å². The first-order chi connectivity index (χ1) is 7.60. The van der Waals surface area contributed by atoms with Gasteiger partial charge < -0.3 is 4.74 Å². The van der Waals surface area contributed by atoms with E-state index in [2.05, 4.69) is 29.8 Å². The second kappa shape index (κ2) is 3.71. The van der Waals surface area contributed by atoms with Crippen molar-refractivity contribution in [2.45, 2.75) is 51.6 Å². The molecule has 2 heteroatoms. The average molecular weight is 287 g/mol. The highest BCUT2D eigenvalue weighted by atomic mass is 79.9. The molecule has 0 radical (unpaired) electrons. The van der Waals surface area contributed by atoms with Gasteiger partial charge in [0.1, 0.15) is 0 Å². The molecule has 92 valence electrons. The second-order valence-corrected chi connectivity index (χ2v) is 7.27. The summed E-state index contributed by atoms with van der Waals surface area (Å²) in [5, 5.41) is 1.03. The Kier molecular flexibility index (Phi) is 2.68. The number of fused-ring (bicyclic) bond motifs is 2. The van der Waals surface area contributed by atoms with E-state index in [4.69, 9.17) is 4.74 Å². The number of alkyl halides is 1. The van der Waals surface area contributed by atoms with Crippen LogP contribution in [0.15, 0.2) is 0 Å². The van der Waals surface area contributed by atoms with Crippen molar-refractivity contribution in [3.8, 4) is 0 Å². The van der Waals surface area contributed by atoms with Gasteiger partial charge in [-0.1, -0.05) is 29.8 Å². The molecular weight excluding hydrogens is 264 g/mol. The van der Waals surface area contributed by atoms with Crippen molar-refractivity contribution < 1.29 is 4.74 Å². The third-order valence-electron chi connectivity index (χ3n) is 5.68. The first-order valence-electron chi connectivity index (χ1n) is 6.80. The van der Waals surface area contributed by atoms with Gasteiger partial charge in [-0.05, 0) is 55.3 Å². The van der Waals surface area contributed by atoms with E-state index >= 15 is 0 Å². The Morgan fingerprint density at radius 3 is 2.31 bits per heavy atom. The van der Waals surface area contributed by atoms with E-state index in [-0.39, 0.29) is 5.60 Å². The Morgan fingerprint density at radius 1 is 1.12 bits per heavy atom. The summed E-state index contributed by atoms with van der Waals surface area (Å²) in [6, 6.07) is 0. The fourth-order valence-corrected chi connectivity index (χ4v) is 5.45. The summed E-state index contributed by atoms with van der Waals surface area (Å²) in [5.74, 6) is 2.59. The Labute approximate surface area is 107 Å². The van der Waals surface area contributed by atoms with Crippen molar-refractivity contribution in [2.75, 3.05) is 11.9 Å². The Bertz CT molecular complexity index is 284. The fraction of sp³-hybridized carbons (Fsp3) is 1.00. The minimum Gasteiger partial charge on any atom is -0.373 e. The zero-order valence-corrected chi connectivity index (χ0v) is 12.1. The quantitative estimate of drug-likeness (QED) is 0.710. The molecule has 0 amide bonds. The van der Waals surface area contributed by atoms with Crippen molar-refractivity contribution in [1.29, 1.82) is 0 Å². The number of rotatable bonds is 4. The van der Waals surface area contributed by atoms with Gasteiger partial charge in [-0.3, -0.25) is 0 Å². The summed E-state index contributed by atoms with van der Waals surface area (Å²) >= 11 is 3.76. The van der Waals surface area contributed by atoms with E-state index in [1.165, 1.54) is 32.1 Å². The molecule has 0 spiro atoms. The molecule has 16 heavy (non-hydrogen) atoms.